The number of hydrogen-bond donors (Lipinski definition) is 4. The molecule has 2 aromatic carbocycles. The maximum atomic E-state index is 14.7. The van der Waals surface area contributed by atoms with Crippen molar-refractivity contribution in [1.82, 2.24) is 20.1 Å². The quantitative estimate of drug-likeness (QED) is 0.412. The predicted octanol–water partition coefficient (Wildman–Crippen LogP) is 1.23. The first-order valence-electron chi connectivity index (χ1n) is 9.82. The molecule has 1 aromatic heterocycles. The summed E-state index contributed by atoms with van der Waals surface area (Å²) in [4.78, 5) is 17.9. The van der Waals surface area contributed by atoms with Crippen molar-refractivity contribution in [3.63, 3.8) is 0 Å². The number of nitrogens with one attached hydrogen (secondary N) is 2. The third kappa shape index (κ3) is 4.89. The molecule has 0 radical (unpaired) electrons. The zero-order chi connectivity index (χ0) is 23.8. The molecule has 4 rings (SSSR count). The normalized spacial score (nSPS) is 13.9. The summed E-state index contributed by atoms with van der Waals surface area (Å²) in [5.74, 6) is -1.73. The molecular formula is C20H21FN8O3S. The lowest BCUT2D eigenvalue weighted by atomic mass is 9.99. The van der Waals surface area contributed by atoms with Crippen LogP contribution in [0.3, 0.4) is 0 Å². The highest BCUT2D eigenvalue weighted by Gasteiger charge is 2.20. The predicted molar refractivity (Wildman–Crippen MR) is 119 cm³/mol. The van der Waals surface area contributed by atoms with E-state index in [2.05, 4.69) is 30.7 Å². The van der Waals surface area contributed by atoms with Crippen molar-refractivity contribution < 1.29 is 17.6 Å². The molecule has 172 valence electrons. The molecule has 0 saturated carbocycles. The molecule has 1 amide bonds. The fourth-order valence-electron chi connectivity index (χ4n) is 3.51. The van der Waals surface area contributed by atoms with Crippen LogP contribution in [0.1, 0.15) is 21.6 Å². The Labute approximate surface area is 189 Å². The number of anilines is 4. The smallest absolute Gasteiger partial charge is 0.273 e. The lowest BCUT2D eigenvalue weighted by Gasteiger charge is -2.25. The molecule has 2 heterocycles. The van der Waals surface area contributed by atoms with Crippen LogP contribution in [-0.4, -0.2) is 48.0 Å². The van der Waals surface area contributed by atoms with Crippen molar-refractivity contribution in [2.24, 2.45) is 10.9 Å². The van der Waals surface area contributed by atoms with Crippen molar-refractivity contribution in [2.75, 3.05) is 24.2 Å². The summed E-state index contributed by atoms with van der Waals surface area (Å²) in [6.07, 6.45) is 0.742. The summed E-state index contributed by atoms with van der Waals surface area (Å²) in [6, 6.07) is 8.91. The largest absolute Gasteiger partial charge is 0.364 e. The second-order valence-electron chi connectivity index (χ2n) is 7.58. The van der Waals surface area contributed by atoms with Crippen LogP contribution in [0.25, 0.3) is 0 Å². The number of hydrogen-bond acceptors (Lipinski definition) is 9. The average Bonchev–Trinajstić information content (AvgIpc) is 2.74. The zero-order valence-electron chi connectivity index (χ0n) is 17.5. The van der Waals surface area contributed by atoms with E-state index >= 15 is 0 Å². The van der Waals surface area contributed by atoms with Gasteiger partial charge in [0.2, 0.25) is 16.0 Å². The first kappa shape index (κ1) is 22.5. The Hall–Kier alpha value is -3.68. The number of likely N-dealkylation sites (N-methyl/N-ethyl adjacent to an activating group) is 1. The van der Waals surface area contributed by atoms with Gasteiger partial charge in [0.25, 0.3) is 5.91 Å². The number of aromatic nitrogens is 3. The Balaban J connectivity index is 1.70. The minimum atomic E-state index is -4.08. The van der Waals surface area contributed by atoms with Crippen LogP contribution in [0.15, 0.2) is 41.3 Å². The molecule has 0 spiro atoms. The number of sulfonamides is 1. The molecule has 3 aromatic rings. The molecule has 0 fully saturated rings. The highest BCUT2D eigenvalue weighted by molar-refractivity contribution is 7.89. The first-order valence-corrected chi connectivity index (χ1v) is 11.4. The Morgan fingerprint density at radius 2 is 1.88 bits per heavy atom. The molecule has 1 aliphatic heterocycles. The van der Waals surface area contributed by atoms with E-state index in [1.165, 1.54) is 24.3 Å². The summed E-state index contributed by atoms with van der Waals surface area (Å²) in [7, 11) is -2.10. The highest BCUT2D eigenvalue weighted by Crippen LogP contribution is 2.28. The van der Waals surface area contributed by atoms with Crippen LogP contribution in [-0.2, 0) is 23.0 Å². The summed E-state index contributed by atoms with van der Waals surface area (Å²) in [6.45, 7) is 1.51. The van der Waals surface area contributed by atoms with E-state index < -0.39 is 21.7 Å². The van der Waals surface area contributed by atoms with Gasteiger partial charge in [-0.2, -0.15) is 4.98 Å². The Kier molecular flexibility index (Phi) is 5.93. The van der Waals surface area contributed by atoms with Crippen LogP contribution in [0, 0.1) is 5.82 Å². The second-order valence-corrected chi connectivity index (χ2v) is 9.11. The van der Waals surface area contributed by atoms with Crippen LogP contribution in [0.5, 0.6) is 0 Å². The topological polar surface area (TPSA) is 169 Å². The van der Waals surface area contributed by atoms with Crippen molar-refractivity contribution in [3.8, 4) is 0 Å². The highest BCUT2D eigenvalue weighted by atomic mass is 32.2. The van der Waals surface area contributed by atoms with Gasteiger partial charge in [0, 0.05) is 13.1 Å². The van der Waals surface area contributed by atoms with Crippen LogP contribution in [0.4, 0.5) is 27.5 Å². The summed E-state index contributed by atoms with van der Waals surface area (Å²) in [5, 5.41) is 18.3. The van der Waals surface area contributed by atoms with Gasteiger partial charge in [0.05, 0.1) is 11.4 Å². The van der Waals surface area contributed by atoms with Crippen molar-refractivity contribution in [2.45, 2.75) is 17.9 Å². The Bertz CT molecular complexity index is 1350. The molecule has 0 atom stereocenters. The Morgan fingerprint density at radius 3 is 2.61 bits per heavy atom. The van der Waals surface area contributed by atoms with Crippen molar-refractivity contribution in [1.29, 1.82) is 0 Å². The van der Waals surface area contributed by atoms with Gasteiger partial charge in [-0.25, -0.2) is 17.9 Å². The SMILES string of the molecule is CN1CCc2cc(F)c(Nc3nnc(C(N)=O)c(Nc4ccccc4S(N)(=O)=O)n3)cc2C1. The van der Waals surface area contributed by atoms with Crippen LogP contribution >= 0.6 is 0 Å². The maximum Gasteiger partial charge on any atom is 0.273 e. The molecule has 0 aliphatic carbocycles. The molecular weight excluding hydrogens is 451 g/mol. The van der Waals surface area contributed by atoms with Gasteiger partial charge in [0.1, 0.15) is 10.7 Å². The molecule has 11 nitrogen and oxygen atoms in total. The molecule has 13 heteroatoms. The number of benzene rings is 2. The van der Waals surface area contributed by atoms with Gasteiger partial charge < -0.3 is 21.3 Å². The van der Waals surface area contributed by atoms with E-state index in [1.54, 1.807) is 12.1 Å². The van der Waals surface area contributed by atoms with E-state index in [-0.39, 0.29) is 33.7 Å². The lowest BCUT2D eigenvalue weighted by molar-refractivity contribution is 0.0995. The first-order chi connectivity index (χ1) is 15.6. The number of nitrogens with two attached hydrogens (primary N) is 2. The summed E-state index contributed by atoms with van der Waals surface area (Å²) >= 11 is 0. The van der Waals surface area contributed by atoms with Gasteiger partial charge in [0.15, 0.2) is 11.5 Å². The maximum absolute atomic E-state index is 14.7. The van der Waals surface area contributed by atoms with Gasteiger partial charge in [-0.1, -0.05) is 12.1 Å². The minimum absolute atomic E-state index is 0.0527. The van der Waals surface area contributed by atoms with Gasteiger partial charge >= 0.3 is 0 Å². The Morgan fingerprint density at radius 1 is 1.12 bits per heavy atom. The van der Waals surface area contributed by atoms with Crippen LogP contribution in [0.2, 0.25) is 0 Å². The summed E-state index contributed by atoms with van der Waals surface area (Å²) < 4.78 is 38.5. The zero-order valence-corrected chi connectivity index (χ0v) is 18.4. The third-order valence-electron chi connectivity index (χ3n) is 5.11. The van der Waals surface area contributed by atoms with Crippen LogP contribution < -0.4 is 21.5 Å². The lowest BCUT2D eigenvalue weighted by Crippen LogP contribution is -2.26. The number of primary amides is 1. The monoisotopic (exact) mass is 472 g/mol. The number of amides is 1. The fraction of sp³-hybridized carbons (Fsp3) is 0.200. The van der Waals surface area contributed by atoms with E-state index in [1.807, 2.05) is 7.05 Å². The number of nitrogens with zero attached hydrogens (tertiary/aromatic N) is 4. The second kappa shape index (κ2) is 8.69. The molecule has 6 N–H and O–H groups in total. The number of para-hydroxylation sites is 1. The van der Waals surface area contributed by atoms with E-state index in [4.69, 9.17) is 10.9 Å². The molecule has 0 unspecified atom stereocenters. The fourth-order valence-corrected chi connectivity index (χ4v) is 4.21. The van der Waals surface area contributed by atoms with E-state index in [0.717, 1.165) is 24.1 Å². The number of primary sulfonamides is 1. The molecule has 33 heavy (non-hydrogen) atoms. The number of carbonyl (C=O) groups excluding carboxylic acids is 1. The van der Waals surface area contributed by atoms with Crippen molar-refractivity contribution >= 4 is 39.1 Å². The molecule has 0 saturated heterocycles. The van der Waals surface area contributed by atoms with Gasteiger partial charge in [-0.15, -0.1) is 10.2 Å². The van der Waals surface area contributed by atoms with Gasteiger partial charge in [-0.3, -0.25) is 4.79 Å². The van der Waals surface area contributed by atoms with Gasteiger partial charge in [-0.05, 0) is 48.9 Å². The minimum Gasteiger partial charge on any atom is -0.364 e. The van der Waals surface area contributed by atoms with E-state index in [0.29, 0.717) is 6.54 Å². The number of rotatable bonds is 6. The van der Waals surface area contributed by atoms with E-state index in [9.17, 15) is 17.6 Å². The average molecular weight is 473 g/mol. The number of fused-ring (bicyclic) bond motifs is 1. The molecule has 1 aliphatic rings. The number of carbonyl (C=O) groups is 1. The molecule has 0 bridgehead atoms. The number of halogens is 1. The van der Waals surface area contributed by atoms with Crippen molar-refractivity contribution in [3.05, 3.63) is 59.0 Å². The third-order valence-corrected chi connectivity index (χ3v) is 6.07. The standard InChI is InChI=1S/C20H21FN8O3S/c1-29-7-6-11-8-13(21)15(9-12(11)10-29)25-20-26-19(17(18(22)30)27-28-20)24-14-4-2-3-5-16(14)33(23,31)32/h2-5,8-9H,6-7,10H2,1H3,(H2,22,30)(H2,23,31,32)(H2,24,25,26,28). The summed E-state index contributed by atoms with van der Waals surface area (Å²) in [5.41, 5.74) is 7.11.